The third kappa shape index (κ3) is 5.41. The summed E-state index contributed by atoms with van der Waals surface area (Å²) in [5, 5.41) is 2.79. The van der Waals surface area contributed by atoms with Crippen molar-refractivity contribution in [2.24, 2.45) is 11.7 Å². The lowest BCUT2D eigenvalue weighted by Crippen LogP contribution is -2.53. The molecule has 0 aliphatic carbocycles. The first-order chi connectivity index (χ1) is 12.3. The molecule has 148 valence electrons. The maximum atomic E-state index is 12.8. The smallest absolute Gasteiger partial charge is 0.320 e. The Morgan fingerprint density at radius 2 is 1.92 bits per heavy atom. The van der Waals surface area contributed by atoms with E-state index in [0.29, 0.717) is 51.5 Å². The molecule has 2 saturated heterocycles. The van der Waals surface area contributed by atoms with Gasteiger partial charge in [0.15, 0.2) is 5.78 Å². The molecule has 3 atom stereocenters. The second-order valence-electron chi connectivity index (χ2n) is 7.70. The third-order valence-electron chi connectivity index (χ3n) is 5.03. The molecule has 0 saturated carbocycles. The van der Waals surface area contributed by atoms with Crippen LogP contribution in [0.25, 0.3) is 0 Å². The standard InChI is InChI=1S/C18H32N4O4/c1-12(2)10-14(19)17(24)20-15-5-4-13(3)22(11-16(15)23)18(25)21-6-8-26-9-7-21/h12-15H,4-11,19H2,1-3H3,(H,20,24)/t13-,14+,15+/m1/s1. The van der Waals surface area contributed by atoms with Gasteiger partial charge < -0.3 is 25.6 Å². The molecule has 2 aliphatic heterocycles. The molecule has 0 unspecified atom stereocenters. The molecular weight excluding hydrogens is 336 g/mol. The van der Waals surface area contributed by atoms with Gasteiger partial charge in [-0.05, 0) is 32.1 Å². The van der Waals surface area contributed by atoms with Gasteiger partial charge in [0, 0.05) is 19.1 Å². The lowest BCUT2D eigenvalue weighted by molar-refractivity contribution is -0.128. The number of ketones is 1. The van der Waals surface area contributed by atoms with Crippen LogP contribution in [0, 0.1) is 5.92 Å². The van der Waals surface area contributed by atoms with Crippen LogP contribution in [0.1, 0.15) is 40.0 Å². The van der Waals surface area contributed by atoms with Gasteiger partial charge in [0.25, 0.3) is 0 Å². The zero-order valence-electron chi connectivity index (χ0n) is 16.1. The molecule has 0 radical (unpaired) electrons. The van der Waals surface area contributed by atoms with Crippen LogP contribution in [-0.2, 0) is 14.3 Å². The first-order valence-corrected chi connectivity index (χ1v) is 9.51. The molecule has 2 heterocycles. The fourth-order valence-electron chi connectivity index (χ4n) is 3.40. The highest BCUT2D eigenvalue weighted by molar-refractivity contribution is 5.94. The maximum absolute atomic E-state index is 12.8. The molecule has 2 rings (SSSR count). The van der Waals surface area contributed by atoms with Crippen molar-refractivity contribution < 1.29 is 19.1 Å². The number of likely N-dealkylation sites (tertiary alicyclic amines) is 1. The molecule has 2 aliphatic rings. The van der Waals surface area contributed by atoms with E-state index in [1.165, 1.54) is 0 Å². The van der Waals surface area contributed by atoms with E-state index in [2.05, 4.69) is 5.32 Å². The second kappa shape index (κ2) is 9.32. The van der Waals surface area contributed by atoms with Crippen molar-refractivity contribution in [2.75, 3.05) is 32.8 Å². The van der Waals surface area contributed by atoms with Crippen molar-refractivity contribution in [3.8, 4) is 0 Å². The van der Waals surface area contributed by atoms with Crippen LogP contribution in [0.3, 0.4) is 0 Å². The third-order valence-corrected chi connectivity index (χ3v) is 5.03. The maximum Gasteiger partial charge on any atom is 0.320 e. The number of amides is 3. The van der Waals surface area contributed by atoms with E-state index in [0.717, 1.165) is 0 Å². The summed E-state index contributed by atoms with van der Waals surface area (Å²) in [6.07, 6.45) is 1.75. The van der Waals surface area contributed by atoms with Crippen molar-refractivity contribution in [2.45, 2.75) is 58.2 Å². The SMILES string of the molecule is CC(C)C[C@H](N)C(=O)N[C@H]1CC[C@@H](C)N(C(=O)N2CCOCC2)CC1=O. The molecule has 0 aromatic heterocycles. The van der Waals surface area contributed by atoms with Crippen LogP contribution < -0.4 is 11.1 Å². The van der Waals surface area contributed by atoms with Crippen molar-refractivity contribution in [1.29, 1.82) is 0 Å². The predicted octanol–water partition coefficient (Wildman–Crippen LogP) is 0.350. The summed E-state index contributed by atoms with van der Waals surface area (Å²) in [7, 11) is 0. The summed E-state index contributed by atoms with van der Waals surface area (Å²) in [6.45, 7) is 8.09. The van der Waals surface area contributed by atoms with E-state index in [1.807, 2.05) is 20.8 Å². The summed E-state index contributed by atoms with van der Waals surface area (Å²) in [5.41, 5.74) is 5.91. The van der Waals surface area contributed by atoms with Gasteiger partial charge in [0.2, 0.25) is 5.91 Å². The Balaban J connectivity index is 1.97. The summed E-state index contributed by atoms with van der Waals surface area (Å²) in [4.78, 5) is 41.0. The Labute approximate surface area is 155 Å². The van der Waals surface area contributed by atoms with Crippen molar-refractivity contribution >= 4 is 17.7 Å². The van der Waals surface area contributed by atoms with Crippen LogP contribution in [-0.4, -0.2) is 78.5 Å². The number of carbonyl (C=O) groups is 3. The van der Waals surface area contributed by atoms with E-state index in [1.54, 1.807) is 9.80 Å². The van der Waals surface area contributed by atoms with Crippen molar-refractivity contribution in [3.63, 3.8) is 0 Å². The van der Waals surface area contributed by atoms with Crippen LogP contribution in [0.5, 0.6) is 0 Å². The number of Topliss-reactive ketones (excluding diaryl/α,β-unsaturated/α-hetero) is 1. The van der Waals surface area contributed by atoms with E-state index in [-0.39, 0.29) is 30.3 Å². The highest BCUT2D eigenvalue weighted by Crippen LogP contribution is 2.18. The van der Waals surface area contributed by atoms with Crippen molar-refractivity contribution in [3.05, 3.63) is 0 Å². The van der Waals surface area contributed by atoms with Gasteiger partial charge in [0.05, 0.1) is 31.8 Å². The number of hydrogen-bond donors (Lipinski definition) is 2. The molecule has 0 bridgehead atoms. The van der Waals surface area contributed by atoms with E-state index >= 15 is 0 Å². The fraction of sp³-hybridized carbons (Fsp3) is 0.833. The van der Waals surface area contributed by atoms with Gasteiger partial charge in [0.1, 0.15) is 0 Å². The molecule has 0 aromatic carbocycles. The Kier molecular flexibility index (Phi) is 7.40. The minimum Gasteiger partial charge on any atom is -0.378 e. The molecule has 0 aromatic rings. The molecule has 3 N–H and O–H groups in total. The topological polar surface area (TPSA) is 105 Å². The quantitative estimate of drug-likeness (QED) is 0.745. The normalized spacial score (nSPS) is 25.8. The fourth-order valence-corrected chi connectivity index (χ4v) is 3.40. The van der Waals surface area contributed by atoms with Gasteiger partial charge in [-0.1, -0.05) is 13.8 Å². The number of nitrogens with one attached hydrogen (secondary N) is 1. The summed E-state index contributed by atoms with van der Waals surface area (Å²) >= 11 is 0. The Morgan fingerprint density at radius 1 is 1.27 bits per heavy atom. The molecule has 8 heteroatoms. The zero-order valence-corrected chi connectivity index (χ0v) is 16.1. The largest absolute Gasteiger partial charge is 0.378 e. The van der Waals surface area contributed by atoms with Crippen molar-refractivity contribution in [1.82, 2.24) is 15.1 Å². The number of carbonyl (C=O) groups excluding carboxylic acids is 3. The Morgan fingerprint density at radius 3 is 2.54 bits per heavy atom. The molecular formula is C18H32N4O4. The number of urea groups is 1. The lowest BCUT2D eigenvalue weighted by Gasteiger charge is -2.34. The monoisotopic (exact) mass is 368 g/mol. The van der Waals surface area contributed by atoms with Gasteiger partial charge >= 0.3 is 6.03 Å². The lowest BCUT2D eigenvalue weighted by atomic mass is 10.0. The predicted molar refractivity (Wildman–Crippen MR) is 97.6 cm³/mol. The van der Waals surface area contributed by atoms with Gasteiger partial charge in [-0.25, -0.2) is 4.79 Å². The van der Waals surface area contributed by atoms with Crippen LogP contribution >= 0.6 is 0 Å². The summed E-state index contributed by atoms with van der Waals surface area (Å²) in [5.74, 6) is -0.124. The van der Waals surface area contributed by atoms with Gasteiger partial charge in [-0.3, -0.25) is 9.59 Å². The number of morpholine rings is 1. The number of ether oxygens (including phenoxy) is 1. The van der Waals surface area contributed by atoms with Gasteiger partial charge in [-0.15, -0.1) is 0 Å². The number of nitrogens with zero attached hydrogens (tertiary/aromatic N) is 2. The number of nitrogens with two attached hydrogens (primary N) is 1. The van der Waals surface area contributed by atoms with Crippen LogP contribution in [0.4, 0.5) is 4.79 Å². The van der Waals surface area contributed by atoms with Gasteiger partial charge in [-0.2, -0.15) is 0 Å². The molecule has 2 fully saturated rings. The Hall–Kier alpha value is -1.67. The molecule has 26 heavy (non-hydrogen) atoms. The molecule has 8 nitrogen and oxygen atoms in total. The first-order valence-electron chi connectivity index (χ1n) is 9.51. The van der Waals surface area contributed by atoms with E-state index in [9.17, 15) is 14.4 Å². The molecule has 3 amide bonds. The first kappa shape index (κ1) is 20.6. The van der Waals surface area contributed by atoms with Crippen LogP contribution in [0.15, 0.2) is 0 Å². The summed E-state index contributed by atoms with van der Waals surface area (Å²) < 4.78 is 5.28. The highest BCUT2D eigenvalue weighted by atomic mass is 16.5. The van der Waals surface area contributed by atoms with E-state index in [4.69, 9.17) is 10.5 Å². The number of hydrogen-bond acceptors (Lipinski definition) is 5. The van der Waals surface area contributed by atoms with Crippen LogP contribution in [0.2, 0.25) is 0 Å². The molecule has 0 spiro atoms. The second-order valence-corrected chi connectivity index (χ2v) is 7.70. The average molecular weight is 368 g/mol. The number of rotatable bonds is 4. The Bertz CT molecular complexity index is 519. The van der Waals surface area contributed by atoms with E-state index < -0.39 is 12.1 Å². The highest BCUT2D eigenvalue weighted by Gasteiger charge is 2.35. The minimum atomic E-state index is -0.616. The minimum absolute atomic E-state index is 0.0156. The summed E-state index contributed by atoms with van der Waals surface area (Å²) in [6, 6.07) is -1.38. The average Bonchev–Trinajstić information content (AvgIpc) is 2.74. The zero-order chi connectivity index (χ0) is 19.3.